The zero-order chi connectivity index (χ0) is 23.5. The molecule has 0 spiro atoms. The number of hydrogen-bond donors (Lipinski definition) is 1. The van der Waals surface area contributed by atoms with Crippen LogP contribution in [0.2, 0.25) is 0 Å². The molecule has 7 heteroatoms. The Morgan fingerprint density at radius 2 is 1.88 bits per heavy atom. The van der Waals surface area contributed by atoms with Crippen LogP contribution in [0.15, 0.2) is 29.0 Å². The topological polar surface area (TPSA) is 30.6 Å². The molecule has 2 heterocycles. The molecule has 0 aliphatic carbocycles. The van der Waals surface area contributed by atoms with E-state index < -0.39 is 17.5 Å². The summed E-state index contributed by atoms with van der Waals surface area (Å²) in [5.74, 6) is -2.60. The van der Waals surface area contributed by atoms with Gasteiger partial charge in [0.15, 0.2) is 0 Å². The molecule has 178 valence electrons. The van der Waals surface area contributed by atoms with E-state index in [0.717, 1.165) is 50.9 Å². The van der Waals surface area contributed by atoms with Crippen molar-refractivity contribution in [3.63, 3.8) is 0 Å². The first-order valence-electron chi connectivity index (χ1n) is 11.6. The van der Waals surface area contributed by atoms with Gasteiger partial charge in [-0.1, -0.05) is 13.8 Å². The summed E-state index contributed by atoms with van der Waals surface area (Å²) >= 11 is 0. The molecule has 2 aliphatic heterocycles. The third-order valence-corrected chi connectivity index (χ3v) is 7.48. The summed E-state index contributed by atoms with van der Waals surface area (Å²) in [6.45, 7) is 9.63. The Hall–Kier alpha value is -1.86. The molecular weight excluding hydrogens is 413 g/mol. The fourth-order valence-corrected chi connectivity index (χ4v) is 5.20. The molecule has 0 bridgehead atoms. The predicted molar refractivity (Wildman–Crippen MR) is 124 cm³/mol. The maximum Gasteiger partial charge on any atom is 0.133 e. The normalized spacial score (nSPS) is 26.8. The van der Waals surface area contributed by atoms with Gasteiger partial charge in [0.25, 0.3) is 0 Å². The van der Waals surface area contributed by atoms with Gasteiger partial charge in [-0.15, -0.1) is 0 Å². The molecule has 1 aromatic rings. The largest absolute Gasteiger partial charge is 0.341 e. The number of likely N-dealkylation sites (tertiary alicyclic amines) is 1. The van der Waals surface area contributed by atoms with Gasteiger partial charge in [0.1, 0.15) is 17.5 Å². The molecular formula is C25H37F3N4. The van der Waals surface area contributed by atoms with E-state index in [1.54, 1.807) is 0 Å². The summed E-state index contributed by atoms with van der Waals surface area (Å²) in [5, 5.41) is 3.10. The average molecular weight is 451 g/mol. The first-order chi connectivity index (χ1) is 15.1. The van der Waals surface area contributed by atoms with Crippen molar-refractivity contribution in [1.29, 1.82) is 0 Å². The van der Waals surface area contributed by atoms with Crippen LogP contribution in [-0.2, 0) is 6.54 Å². The molecule has 1 fully saturated rings. The van der Waals surface area contributed by atoms with E-state index in [4.69, 9.17) is 0 Å². The fraction of sp³-hybridized carbons (Fsp3) is 0.640. The van der Waals surface area contributed by atoms with E-state index in [9.17, 15) is 13.2 Å². The molecule has 32 heavy (non-hydrogen) atoms. The van der Waals surface area contributed by atoms with E-state index in [1.165, 1.54) is 17.8 Å². The summed E-state index contributed by atoms with van der Waals surface area (Å²) in [7, 11) is 4.08. The highest BCUT2D eigenvalue weighted by Crippen LogP contribution is 2.51. The van der Waals surface area contributed by atoms with Crippen molar-refractivity contribution in [2.75, 3.05) is 33.7 Å². The monoisotopic (exact) mass is 450 g/mol. The first kappa shape index (κ1) is 24.8. The SMILES string of the molecule is CC/C(CC1(C)CCCN(C)CC1(C)N1C=C1CCNCc1c(F)cc(F)cc1F)=N/C. The van der Waals surface area contributed by atoms with Crippen LogP contribution in [0.25, 0.3) is 0 Å². The number of hydrogen-bond acceptors (Lipinski definition) is 4. The minimum atomic E-state index is -0.897. The van der Waals surface area contributed by atoms with Gasteiger partial charge in [-0.25, -0.2) is 13.2 Å². The van der Waals surface area contributed by atoms with Crippen LogP contribution in [0.4, 0.5) is 13.2 Å². The van der Waals surface area contributed by atoms with Crippen LogP contribution < -0.4 is 5.32 Å². The van der Waals surface area contributed by atoms with E-state index in [-0.39, 0.29) is 23.1 Å². The lowest BCUT2D eigenvalue weighted by molar-refractivity contribution is 0.0518. The molecule has 4 nitrogen and oxygen atoms in total. The van der Waals surface area contributed by atoms with Crippen LogP contribution in [0, 0.1) is 22.9 Å². The Labute approximate surface area is 190 Å². The van der Waals surface area contributed by atoms with Crippen molar-refractivity contribution in [3.05, 3.63) is 47.0 Å². The van der Waals surface area contributed by atoms with Gasteiger partial charge in [0, 0.05) is 68.4 Å². The molecule has 2 atom stereocenters. The predicted octanol–water partition coefficient (Wildman–Crippen LogP) is 5.10. The first-order valence-corrected chi connectivity index (χ1v) is 11.6. The van der Waals surface area contributed by atoms with Crippen molar-refractivity contribution in [1.82, 2.24) is 15.1 Å². The molecule has 1 aromatic carbocycles. The second-order valence-electron chi connectivity index (χ2n) is 9.76. The summed E-state index contributed by atoms with van der Waals surface area (Å²) in [6, 6.07) is 1.44. The minimum Gasteiger partial charge on any atom is -0.341 e. The molecule has 2 unspecified atom stereocenters. The van der Waals surface area contributed by atoms with Crippen molar-refractivity contribution in [2.24, 2.45) is 10.4 Å². The number of nitrogens with zero attached hydrogens (tertiary/aromatic N) is 3. The minimum absolute atomic E-state index is 0.0375. The molecule has 0 saturated carbocycles. The van der Waals surface area contributed by atoms with Crippen LogP contribution in [0.3, 0.4) is 0 Å². The standard InChI is InChI=1S/C25H37F3N4/c1-6-19(29-4)14-24(2)9-7-11-31(5)17-25(24,3)32-16-20(32)8-10-30-15-21-22(27)12-18(26)13-23(21)28/h12-13,16,30H,6-11,14-15,17H2,1-5H3/b29-19-. The Balaban J connectivity index is 1.62. The maximum atomic E-state index is 13.8. The molecule has 3 rings (SSSR count). The van der Waals surface area contributed by atoms with Gasteiger partial charge in [0.05, 0.1) is 5.54 Å². The number of nitrogens with one attached hydrogen (secondary N) is 1. The van der Waals surface area contributed by atoms with Gasteiger partial charge < -0.3 is 15.1 Å². The fourth-order valence-electron chi connectivity index (χ4n) is 5.20. The zero-order valence-corrected chi connectivity index (χ0v) is 20.1. The summed E-state index contributed by atoms with van der Waals surface area (Å²) < 4.78 is 40.8. The van der Waals surface area contributed by atoms with Crippen molar-refractivity contribution >= 4 is 5.71 Å². The number of benzene rings is 1. The number of aliphatic imine (C=N–C) groups is 1. The van der Waals surface area contributed by atoms with Crippen molar-refractivity contribution in [2.45, 2.75) is 65.0 Å². The van der Waals surface area contributed by atoms with Gasteiger partial charge in [-0.05, 0) is 51.6 Å². The van der Waals surface area contributed by atoms with Gasteiger partial charge in [-0.3, -0.25) is 4.99 Å². The second-order valence-corrected chi connectivity index (χ2v) is 9.76. The van der Waals surface area contributed by atoms with Crippen LogP contribution >= 0.6 is 0 Å². The van der Waals surface area contributed by atoms with Crippen LogP contribution in [0.1, 0.15) is 58.4 Å². The van der Waals surface area contributed by atoms with E-state index in [0.29, 0.717) is 6.54 Å². The van der Waals surface area contributed by atoms with Crippen LogP contribution in [0.5, 0.6) is 0 Å². The maximum absolute atomic E-state index is 13.8. The molecule has 0 radical (unpaired) electrons. The lowest BCUT2D eigenvalue weighted by atomic mass is 9.65. The van der Waals surface area contributed by atoms with Crippen LogP contribution in [-0.4, -0.2) is 54.8 Å². The Kier molecular flexibility index (Phi) is 7.71. The quantitative estimate of drug-likeness (QED) is 0.419. The highest BCUT2D eigenvalue weighted by Gasteiger charge is 2.53. The Morgan fingerprint density at radius 1 is 1.19 bits per heavy atom. The van der Waals surface area contributed by atoms with E-state index in [2.05, 4.69) is 54.1 Å². The highest BCUT2D eigenvalue weighted by atomic mass is 19.1. The van der Waals surface area contributed by atoms with Gasteiger partial charge in [0.2, 0.25) is 0 Å². The Bertz CT molecular complexity index is 861. The molecule has 0 amide bonds. The van der Waals surface area contributed by atoms with Gasteiger partial charge in [-0.2, -0.15) is 0 Å². The second kappa shape index (κ2) is 9.96. The smallest absolute Gasteiger partial charge is 0.133 e. The molecule has 1 N–H and O–H groups in total. The molecule has 1 saturated heterocycles. The lowest BCUT2D eigenvalue weighted by Crippen LogP contribution is -2.56. The lowest BCUT2D eigenvalue weighted by Gasteiger charge is -2.49. The summed E-state index contributed by atoms with van der Waals surface area (Å²) in [6.07, 6.45) is 7.27. The van der Waals surface area contributed by atoms with E-state index >= 15 is 0 Å². The zero-order valence-electron chi connectivity index (χ0n) is 20.1. The highest BCUT2D eigenvalue weighted by molar-refractivity contribution is 5.84. The summed E-state index contributed by atoms with van der Waals surface area (Å²) in [4.78, 5) is 9.38. The number of likely N-dealkylation sites (N-methyl/N-ethyl adjacent to an activating group) is 1. The summed E-state index contributed by atoms with van der Waals surface area (Å²) in [5.41, 5.74) is 2.44. The van der Waals surface area contributed by atoms with Crippen molar-refractivity contribution < 1.29 is 13.2 Å². The molecule has 0 aromatic heterocycles. The Morgan fingerprint density at radius 3 is 2.50 bits per heavy atom. The third kappa shape index (κ3) is 5.20. The van der Waals surface area contributed by atoms with Crippen molar-refractivity contribution in [3.8, 4) is 0 Å². The third-order valence-electron chi connectivity index (χ3n) is 7.48. The van der Waals surface area contributed by atoms with E-state index in [1.807, 2.05) is 7.05 Å². The number of rotatable bonds is 9. The number of halogens is 3. The van der Waals surface area contributed by atoms with Gasteiger partial charge >= 0.3 is 0 Å². The average Bonchev–Trinajstić information content (AvgIpc) is 3.51. The molecule has 2 aliphatic rings.